The van der Waals surface area contributed by atoms with E-state index >= 15 is 0 Å². The molecule has 1 fully saturated rings. The Morgan fingerprint density at radius 1 is 1.47 bits per heavy atom. The smallest absolute Gasteiger partial charge is 0.136 e. The Morgan fingerprint density at radius 2 is 2.41 bits per heavy atom. The molecule has 4 heteroatoms. The normalized spacial score (nSPS) is 25.2. The molecule has 2 atom stereocenters. The van der Waals surface area contributed by atoms with Crippen molar-refractivity contribution < 1.29 is 0 Å². The van der Waals surface area contributed by atoms with Gasteiger partial charge in [-0.2, -0.15) is 0 Å². The third-order valence-electron chi connectivity index (χ3n) is 3.65. The zero-order chi connectivity index (χ0) is 11.7. The van der Waals surface area contributed by atoms with Gasteiger partial charge >= 0.3 is 0 Å². The number of nitrogens with zero attached hydrogens (tertiary/aromatic N) is 2. The van der Waals surface area contributed by atoms with Gasteiger partial charge in [-0.05, 0) is 44.0 Å². The first-order valence-corrected chi connectivity index (χ1v) is 6.25. The highest BCUT2D eigenvalue weighted by molar-refractivity contribution is 5.40. The third kappa shape index (κ3) is 1.83. The molecule has 0 bridgehead atoms. The summed E-state index contributed by atoms with van der Waals surface area (Å²) in [6, 6.07) is 6.43. The molecule has 90 valence electrons. The number of rotatable bonds is 2. The summed E-state index contributed by atoms with van der Waals surface area (Å²) in [6.07, 6.45) is 6.46. The number of imidazole rings is 1. The zero-order valence-electron chi connectivity index (χ0n) is 9.84. The van der Waals surface area contributed by atoms with Crippen molar-refractivity contribution in [3.8, 4) is 0 Å². The first kappa shape index (κ1) is 10.7. The highest BCUT2D eigenvalue weighted by Gasteiger charge is 2.27. The Hall–Kier alpha value is -1.39. The molecule has 1 saturated heterocycles. The summed E-state index contributed by atoms with van der Waals surface area (Å²) < 4.78 is 2.16. The lowest BCUT2D eigenvalue weighted by Gasteiger charge is -2.31. The van der Waals surface area contributed by atoms with Gasteiger partial charge in [0.15, 0.2) is 0 Å². The second-order valence-electron chi connectivity index (χ2n) is 4.68. The molecule has 0 amide bonds. The Morgan fingerprint density at radius 3 is 3.29 bits per heavy atom. The molecule has 0 aromatic carbocycles. The molecule has 0 aliphatic carbocycles. The van der Waals surface area contributed by atoms with Gasteiger partial charge in [0.05, 0.1) is 17.9 Å². The monoisotopic (exact) mass is 230 g/mol. The van der Waals surface area contributed by atoms with Crippen molar-refractivity contribution in [2.24, 2.45) is 11.7 Å². The second-order valence-corrected chi connectivity index (χ2v) is 4.68. The SMILES string of the molecule is NC[C@H]1CCCN[C@@H]1c1cnc2ccccn12. The van der Waals surface area contributed by atoms with Crippen LogP contribution >= 0.6 is 0 Å². The summed E-state index contributed by atoms with van der Waals surface area (Å²) in [4.78, 5) is 4.44. The fourth-order valence-corrected chi connectivity index (χ4v) is 2.74. The van der Waals surface area contributed by atoms with Crippen molar-refractivity contribution in [3.63, 3.8) is 0 Å². The Labute approximate surface area is 101 Å². The minimum atomic E-state index is 0.339. The van der Waals surface area contributed by atoms with E-state index in [0.717, 1.165) is 18.7 Å². The predicted molar refractivity (Wildman–Crippen MR) is 67.7 cm³/mol. The minimum Gasteiger partial charge on any atom is -0.330 e. The fraction of sp³-hybridized carbons (Fsp3) is 0.462. The van der Waals surface area contributed by atoms with Gasteiger partial charge in [0, 0.05) is 6.20 Å². The van der Waals surface area contributed by atoms with Crippen LogP contribution in [0.4, 0.5) is 0 Å². The minimum absolute atomic E-state index is 0.339. The van der Waals surface area contributed by atoms with Gasteiger partial charge in [0.2, 0.25) is 0 Å². The van der Waals surface area contributed by atoms with Gasteiger partial charge in [-0.1, -0.05) is 6.07 Å². The van der Waals surface area contributed by atoms with E-state index in [1.165, 1.54) is 18.5 Å². The van der Waals surface area contributed by atoms with Crippen LogP contribution in [0.3, 0.4) is 0 Å². The molecule has 3 N–H and O–H groups in total. The molecule has 3 heterocycles. The zero-order valence-corrected chi connectivity index (χ0v) is 9.84. The lowest BCUT2D eigenvalue weighted by Crippen LogP contribution is -2.38. The van der Waals surface area contributed by atoms with Crippen LogP contribution in [-0.2, 0) is 0 Å². The number of nitrogens with two attached hydrogens (primary N) is 1. The maximum absolute atomic E-state index is 5.87. The van der Waals surface area contributed by atoms with Crippen LogP contribution in [0.1, 0.15) is 24.6 Å². The summed E-state index contributed by atoms with van der Waals surface area (Å²) in [5.41, 5.74) is 8.11. The average Bonchev–Trinajstić information content (AvgIpc) is 2.82. The van der Waals surface area contributed by atoms with Crippen LogP contribution in [0.2, 0.25) is 0 Å². The Balaban J connectivity index is 2.01. The quantitative estimate of drug-likeness (QED) is 0.818. The fourth-order valence-electron chi connectivity index (χ4n) is 2.74. The van der Waals surface area contributed by atoms with Crippen LogP contribution in [0.5, 0.6) is 0 Å². The van der Waals surface area contributed by atoms with Gasteiger partial charge in [0.25, 0.3) is 0 Å². The number of nitrogens with one attached hydrogen (secondary N) is 1. The van der Waals surface area contributed by atoms with Crippen LogP contribution in [-0.4, -0.2) is 22.5 Å². The lowest BCUT2D eigenvalue weighted by molar-refractivity contribution is 0.285. The van der Waals surface area contributed by atoms with E-state index in [-0.39, 0.29) is 0 Å². The molecule has 2 aromatic heterocycles. The summed E-state index contributed by atoms with van der Waals surface area (Å²) in [7, 11) is 0. The summed E-state index contributed by atoms with van der Waals surface area (Å²) in [6.45, 7) is 1.80. The molecule has 3 rings (SSSR count). The molecule has 0 saturated carbocycles. The van der Waals surface area contributed by atoms with Gasteiger partial charge < -0.3 is 15.5 Å². The van der Waals surface area contributed by atoms with Crippen molar-refractivity contribution in [1.82, 2.24) is 14.7 Å². The van der Waals surface area contributed by atoms with Gasteiger partial charge in [0.1, 0.15) is 5.65 Å². The van der Waals surface area contributed by atoms with E-state index in [0.29, 0.717) is 12.0 Å². The van der Waals surface area contributed by atoms with Crippen molar-refractivity contribution in [2.45, 2.75) is 18.9 Å². The van der Waals surface area contributed by atoms with E-state index in [2.05, 4.69) is 20.9 Å². The highest BCUT2D eigenvalue weighted by atomic mass is 15.1. The average molecular weight is 230 g/mol. The summed E-state index contributed by atoms with van der Waals surface area (Å²) in [5.74, 6) is 0.517. The molecule has 2 aromatic rings. The standard InChI is InChI=1S/C13H18N4/c14-8-10-4-3-6-15-13(10)11-9-16-12-5-1-2-7-17(11)12/h1-2,5,7,9-10,13,15H,3-4,6,8,14H2/t10-,13+/m1/s1. The largest absolute Gasteiger partial charge is 0.330 e. The van der Waals surface area contributed by atoms with E-state index in [1.807, 2.05) is 24.4 Å². The number of fused-ring (bicyclic) bond motifs is 1. The Bertz CT molecular complexity index is 505. The second kappa shape index (κ2) is 4.47. The molecular formula is C13H18N4. The maximum Gasteiger partial charge on any atom is 0.136 e. The molecule has 17 heavy (non-hydrogen) atoms. The molecule has 0 spiro atoms. The van der Waals surface area contributed by atoms with Crippen molar-refractivity contribution in [1.29, 1.82) is 0 Å². The highest BCUT2D eigenvalue weighted by Crippen LogP contribution is 2.28. The number of hydrogen-bond donors (Lipinski definition) is 2. The molecule has 0 radical (unpaired) electrons. The van der Waals surface area contributed by atoms with Crippen LogP contribution in [0, 0.1) is 5.92 Å². The van der Waals surface area contributed by atoms with Crippen LogP contribution in [0.15, 0.2) is 30.6 Å². The van der Waals surface area contributed by atoms with Crippen molar-refractivity contribution in [3.05, 3.63) is 36.3 Å². The van der Waals surface area contributed by atoms with Gasteiger partial charge in [-0.25, -0.2) is 4.98 Å². The summed E-state index contributed by atoms with van der Waals surface area (Å²) in [5, 5.41) is 3.57. The number of pyridine rings is 1. The molecule has 1 aliphatic heterocycles. The van der Waals surface area contributed by atoms with Crippen LogP contribution in [0.25, 0.3) is 5.65 Å². The van der Waals surface area contributed by atoms with E-state index in [9.17, 15) is 0 Å². The van der Waals surface area contributed by atoms with Crippen molar-refractivity contribution >= 4 is 5.65 Å². The van der Waals surface area contributed by atoms with Gasteiger partial charge in [-0.3, -0.25) is 0 Å². The van der Waals surface area contributed by atoms with E-state index < -0.39 is 0 Å². The Kier molecular flexibility index (Phi) is 2.82. The third-order valence-corrected chi connectivity index (χ3v) is 3.65. The summed E-state index contributed by atoms with van der Waals surface area (Å²) >= 11 is 0. The first-order valence-electron chi connectivity index (χ1n) is 6.25. The molecule has 0 unspecified atom stereocenters. The van der Waals surface area contributed by atoms with E-state index in [4.69, 9.17) is 5.73 Å². The molecule has 1 aliphatic rings. The van der Waals surface area contributed by atoms with Crippen LogP contribution < -0.4 is 11.1 Å². The first-order chi connectivity index (χ1) is 8.40. The predicted octanol–water partition coefficient (Wildman–Crippen LogP) is 1.33. The topological polar surface area (TPSA) is 55.3 Å². The molecule has 4 nitrogen and oxygen atoms in total. The number of piperidine rings is 1. The molecular weight excluding hydrogens is 212 g/mol. The number of aromatic nitrogens is 2. The number of hydrogen-bond acceptors (Lipinski definition) is 3. The lowest BCUT2D eigenvalue weighted by atomic mass is 9.89. The van der Waals surface area contributed by atoms with E-state index in [1.54, 1.807) is 0 Å². The maximum atomic E-state index is 5.87. The van der Waals surface area contributed by atoms with Crippen molar-refractivity contribution in [2.75, 3.05) is 13.1 Å². The van der Waals surface area contributed by atoms with Gasteiger partial charge in [-0.15, -0.1) is 0 Å².